The lowest BCUT2D eigenvalue weighted by molar-refractivity contribution is -0.146. The van der Waals surface area contributed by atoms with Crippen LogP contribution in [0.4, 0.5) is 0 Å². The first-order valence-electron chi connectivity index (χ1n) is 6.43. The summed E-state index contributed by atoms with van der Waals surface area (Å²) in [4.78, 5) is 22.3. The average Bonchev–Trinajstić information content (AvgIpc) is 2.50. The van der Waals surface area contributed by atoms with Crippen molar-refractivity contribution in [1.82, 2.24) is 0 Å². The summed E-state index contributed by atoms with van der Waals surface area (Å²) in [5.41, 5.74) is 0.309. The largest absolute Gasteiger partial charge is 0.479 e. The number of hydrogen-bond donors (Lipinski definition) is 2. The molecule has 0 saturated heterocycles. The van der Waals surface area contributed by atoms with E-state index in [2.05, 4.69) is 0 Å². The molecule has 0 heterocycles. The lowest BCUT2D eigenvalue weighted by Crippen LogP contribution is -2.23. The van der Waals surface area contributed by atoms with Gasteiger partial charge in [0.1, 0.15) is 11.5 Å². The van der Waals surface area contributed by atoms with Crippen LogP contribution in [0.25, 0.3) is 0 Å². The molecule has 0 spiro atoms. The molecule has 0 aromatic heterocycles. The quantitative estimate of drug-likeness (QED) is 0.799. The Morgan fingerprint density at radius 3 is 2.00 bits per heavy atom. The van der Waals surface area contributed by atoms with Crippen LogP contribution in [0.2, 0.25) is 5.02 Å². The number of carboxylic acid groups (broad SMARTS) is 1. The van der Waals surface area contributed by atoms with E-state index in [0.717, 1.165) is 0 Å². The second-order valence-corrected chi connectivity index (χ2v) is 5.00. The SMILES string of the molecule is O=C(CC(O)C(=O)O)c1ccc(Oc2ccc(Cl)cc2)cc1. The Hall–Kier alpha value is -2.37. The summed E-state index contributed by atoms with van der Waals surface area (Å²) in [5.74, 6) is -0.744. The summed E-state index contributed by atoms with van der Waals surface area (Å²) < 4.78 is 5.57. The van der Waals surface area contributed by atoms with E-state index in [1.54, 1.807) is 36.4 Å². The van der Waals surface area contributed by atoms with Crippen molar-refractivity contribution in [2.24, 2.45) is 0 Å². The number of benzene rings is 2. The first-order chi connectivity index (χ1) is 10.5. The van der Waals surface area contributed by atoms with Gasteiger partial charge >= 0.3 is 5.97 Å². The number of rotatable bonds is 6. The van der Waals surface area contributed by atoms with Gasteiger partial charge in [0.15, 0.2) is 11.9 Å². The summed E-state index contributed by atoms with van der Waals surface area (Å²) in [6.07, 6.45) is -2.16. The smallest absolute Gasteiger partial charge is 0.332 e. The first-order valence-corrected chi connectivity index (χ1v) is 6.81. The fourth-order valence-corrected chi connectivity index (χ4v) is 1.85. The van der Waals surface area contributed by atoms with E-state index >= 15 is 0 Å². The van der Waals surface area contributed by atoms with E-state index in [9.17, 15) is 14.7 Å². The topological polar surface area (TPSA) is 83.8 Å². The minimum Gasteiger partial charge on any atom is -0.479 e. The number of aliphatic hydroxyl groups excluding tert-OH is 1. The predicted octanol–water partition coefficient (Wildman–Crippen LogP) is 3.15. The van der Waals surface area contributed by atoms with Crippen LogP contribution in [0, 0.1) is 0 Å². The van der Waals surface area contributed by atoms with E-state index < -0.39 is 24.3 Å². The highest BCUT2D eigenvalue weighted by atomic mass is 35.5. The molecule has 1 atom stereocenters. The molecule has 22 heavy (non-hydrogen) atoms. The van der Waals surface area contributed by atoms with Gasteiger partial charge in [-0.15, -0.1) is 0 Å². The Bertz CT molecular complexity index is 664. The number of hydrogen-bond acceptors (Lipinski definition) is 4. The Balaban J connectivity index is 2.02. The van der Waals surface area contributed by atoms with Crippen molar-refractivity contribution < 1.29 is 24.5 Å². The highest BCUT2D eigenvalue weighted by molar-refractivity contribution is 6.30. The van der Waals surface area contributed by atoms with Crippen LogP contribution in [0.15, 0.2) is 48.5 Å². The molecule has 0 aliphatic heterocycles. The molecule has 2 N–H and O–H groups in total. The lowest BCUT2D eigenvalue weighted by atomic mass is 10.1. The molecule has 2 rings (SSSR count). The molecule has 114 valence electrons. The Kier molecular flexibility index (Phi) is 5.14. The number of carbonyl (C=O) groups excluding carboxylic acids is 1. The average molecular weight is 321 g/mol. The summed E-state index contributed by atoms with van der Waals surface area (Å²) >= 11 is 5.78. The number of Topliss-reactive ketones (excluding diaryl/α,β-unsaturated/α-hetero) is 1. The Morgan fingerprint density at radius 2 is 1.50 bits per heavy atom. The summed E-state index contributed by atoms with van der Waals surface area (Å²) in [6.45, 7) is 0. The molecule has 1 unspecified atom stereocenters. The molecule has 0 aliphatic carbocycles. The number of halogens is 1. The lowest BCUT2D eigenvalue weighted by Gasteiger charge is -2.07. The molecule has 5 nitrogen and oxygen atoms in total. The maximum Gasteiger partial charge on any atom is 0.332 e. The van der Waals surface area contributed by atoms with Crippen molar-refractivity contribution in [3.05, 3.63) is 59.1 Å². The van der Waals surface area contributed by atoms with E-state index in [1.165, 1.54) is 12.1 Å². The number of carboxylic acids is 1. The van der Waals surface area contributed by atoms with Gasteiger partial charge in [0, 0.05) is 17.0 Å². The molecule has 0 aliphatic rings. The van der Waals surface area contributed by atoms with Gasteiger partial charge in [0.25, 0.3) is 0 Å². The molecule has 0 saturated carbocycles. The van der Waals surface area contributed by atoms with Gasteiger partial charge < -0.3 is 14.9 Å². The molecule has 0 bridgehead atoms. The number of aliphatic carboxylic acids is 1. The zero-order chi connectivity index (χ0) is 16.1. The third kappa shape index (κ3) is 4.31. The van der Waals surface area contributed by atoms with Gasteiger partial charge in [-0.3, -0.25) is 4.79 Å². The van der Waals surface area contributed by atoms with Gasteiger partial charge in [0.05, 0.1) is 0 Å². The van der Waals surface area contributed by atoms with Gasteiger partial charge in [-0.2, -0.15) is 0 Å². The standard InChI is InChI=1S/C16H13ClO5/c17-11-3-7-13(8-4-11)22-12-5-1-10(2-6-12)14(18)9-15(19)16(20)21/h1-8,15,19H,9H2,(H,20,21). The zero-order valence-corrected chi connectivity index (χ0v) is 12.2. The maximum absolute atomic E-state index is 11.8. The second kappa shape index (κ2) is 7.06. The molecule has 0 radical (unpaired) electrons. The van der Waals surface area contributed by atoms with Crippen LogP contribution >= 0.6 is 11.6 Å². The Morgan fingerprint density at radius 1 is 1.00 bits per heavy atom. The van der Waals surface area contributed by atoms with Crippen LogP contribution in [-0.4, -0.2) is 28.1 Å². The van der Waals surface area contributed by atoms with E-state index in [1.807, 2.05) is 0 Å². The highest BCUT2D eigenvalue weighted by Crippen LogP contribution is 2.23. The van der Waals surface area contributed by atoms with Crippen LogP contribution in [0.1, 0.15) is 16.8 Å². The summed E-state index contributed by atoms with van der Waals surface area (Å²) in [7, 11) is 0. The molecular formula is C16H13ClO5. The number of carbonyl (C=O) groups is 2. The van der Waals surface area contributed by atoms with Crippen LogP contribution in [-0.2, 0) is 4.79 Å². The second-order valence-electron chi connectivity index (χ2n) is 4.56. The molecule has 0 fully saturated rings. The minimum absolute atomic E-state index is 0.309. The van der Waals surface area contributed by atoms with Crippen molar-refractivity contribution in [3.63, 3.8) is 0 Å². The van der Waals surface area contributed by atoms with Crippen LogP contribution in [0.3, 0.4) is 0 Å². The van der Waals surface area contributed by atoms with E-state index in [4.69, 9.17) is 21.4 Å². The van der Waals surface area contributed by atoms with Gasteiger partial charge in [-0.25, -0.2) is 4.79 Å². The molecule has 2 aromatic carbocycles. The van der Waals surface area contributed by atoms with Crippen LogP contribution < -0.4 is 4.74 Å². The fourth-order valence-electron chi connectivity index (χ4n) is 1.73. The van der Waals surface area contributed by atoms with Crippen molar-refractivity contribution in [1.29, 1.82) is 0 Å². The van der Waals surface area contributed by atoms with Crippen molar-refractivity contribution >= 4 is 23.4 Å². The fraction of sp³-hybridized carbons (Fsp3) is 0.125. The monoisotopic (exact) mass is 320 g/mol. The summed E-state index contributed by atoms with van der Waals surface area (Å²) in [6, 6.07) is 13.0. The summed E-state index contributed by atoms with van der Waals surface area (Å²) in [5, 5.41) is 18.4. The number of ketones is 1. The Labute approximate surface area is 131 Å². The predicted molar refractivity (Wildman–Crippen MR) is 80.6 cm³/mol. The van der Waals surface area contributed by atoms with Crippen molar-refractivity contribution in [2.45, 2.75) is 12.5 Å². The molecule has 6 heteroatoms. The maximum atomic E-state index is 11.8. The number of ether oxygens (including phenoxy) is 1. The highest BCUT2D eigenvalue weighted by Gasteiger charge is 2.18. The first kappa shape index (κ1) is 16.0. The van der Waals surface area contributed by atoms with Crippen molar-refractivity contribution in [3.8, 4) is 11.5 Å². The van der Waals surface area contributed by atoms with Crippen LogP contribution in [0.5, 0.6) is 11.5 Å². The van der Waals surface area contributed by atoms with E-state index in [0.29, 0.717) is 22.1 Å². The molecule has 2 aromatic rings. The molecular weight excluding hydrogens is 308 g/mol. The van der Waals surface area contributed by atoms with Crippen molar-refractivity contribution in [2.75, 3.05) is 0 Å². The van der Waals surface area contributed by atoms with Gasteiger partial charge in [0.2, 0.25) is 0 Å². The zero-order valence-electron chi connectivity index (χ0n) is 11.4. The normalized spacial score (nSPS) is 11.7. The minimum atomic E-state index is -1.70. The van der Waals surface area contributed by atoms with Gasteiger partial charge in [-0.05, 0) is 48.5 Å². The molecule has 0 amide bonds. The number of aliphatic hydroxyl groups is 1. The van der Waals surface area contributed by atoms with E-state index in [-0.39, 0.29) is 0 Å². The third-order valence-electron chi connectivity index (χ3n) is 2.89. The third-order valence-corrected chi connectivity index (χ3v) is 3.14. The van der Waals surface area contributed by atoms with Gasteiger partial charge in [-0.1, -0.05) is 11.6 Å².